The van der Waals surface area contributed by atoms with Gasteiger partial charge in [-0.05, 0) is 24.4 Å². The number of piperazine rings is 2. The van der Waals surface area contributed by atoms with Crippen molar-refractivity contribution in [1.82, 2.24) is 15.1 Å². The fourth-order valence-corrected chi connectivity index (χ4v) is 3.48. The highest BCUT2D eigenvalue weighted by atomic mass is 16.5. The lowest BCUT2D eigenvalue weighted by Crippen LogP contribution is -2.70. The van der Waals surface area contributed by atoms with Gasteiger partial charge >= 0.3 is 0 Å². The van der Waals surface area contributed by atoms with Gasteiger partial charge in [0.25, 0.3) is 0 Å². The summed E-state index contributed by atoms with van der Waals surface area (Å²) in [6.07, 6.45) is 1.11. The summed E-state index contributed by atoms with van der Waals surface area (Å²) in [5, 5.41) is 2.86. The van der Waals surface area contributed by atoms with Crippen molar-refractivity contribution < 1.29 is 14.3 Å². The molecule has 3 rings (SSSR count). The van der Waals surface area contributed by atoms with Gasteiger partial charge in [0.15, 0.2) is 0 Å². The highest BCUT2D eigenvalue weighted by Crippen LogP contribution is 2.17. The molecule has 26 heavy (non-hydrogen) atoms. The first kappa shape index (κ1) is 18.9. The Morgan fingerprint density at radius 3 is 2.69 bits per heavy atom. The van der Waals surface area contributed by atoms with E-state index in [4.69, 9.17) is 4.74 Å². The Labute approximate surface area is 155 Å². The van der Waals surface area contributed by atoms with Crippen LogP contribution in [-0.4, -0.2) is 66.5 Å². The summed E-state index contributed by atoms with van der Waals surface area (Å²) >= 11 is 0. The summed E-state index contributed by atoms with van der Waals surface area (Å²) in [5.74, 6) is 0.555. The van der Waals surface area contributed by atoms with Gasteiger partial charge < -0.3 is 15.0 Å². The van der Waals surface area contributed by atoms with Crippen molar-refractivity contribution in [3.05, 3.63) is 35.9 Å². The minimum Gasteiger partial charge on any atom is -0.374 e. The number of nitrogens with zero attached hydrogens (tertiary/aromatic N) is 2. The molecule has 2 heterocycles. The van der Waals surface area contributed by atoms with Gasteiger partial charge in [0.05, 0.1) is 13.2 Å². The molecule has 2 aliphatic heterocycles. The maximum atomic E-state index is 12.7. The molecule has 1 N–H and O–H groups in total. The molecule has 0 radical (unpaired) electrons. The predicted octanol–water partition coefficient (Wildman–Crippen LogP) is 1.26. The number of carbonyl (C=O) groups excluding carboxylic acids is 2. The number of fused-ring (bicyclic) bond motifs is 1. The molecule has 2 amide bonds. The van der Waals surface area contributed by atoms with Crippen LogP contribution in [0.3, 0.4) is 0 Å². The average molecular weight is 359 g/mol. The van der Waals surface area contributed by atoms with Gasteiger partial charge in [-0.2, -0.15) is 0 Å². The molecule has 0 unspecified atom stereocenters. The van der Waals surface area contributed by atoms with E-state index in [2.05, 4.69) is 24.1 Å². The highest BCUT2D eigenvalue weighted by Gasteiger charge is 2.43. The van der Waals surface area contributed by atoms with Gasteiger partial charge in [-0.1, -0.05) is 44.2 Å². The first-order valence-electron chi connectivity index (χ1n) is 9.49. The molecular weight excluding hydrogens is 330 g/mol. The van der Waals surface area contributed by atoms with E-state index in [-0.39, 0.29) is 24.5 Å². The number of rotatable bonds is 7. The van der Waals surface area contributed by atoms with Crippen LogP contribution in [0.1, 0.15) is 25.8 Å². The van der Waals surface area contributed by atoms with Gasteiger partial charge in [0.1, 0.15) is 12.1 Å². The van der Waals surface area contributed by atoms with Crippen LogP contribution >= 0.6 is 0 Å². The lowest BCUT2D eigenvalue weighted by Gasteiger charge is -2.45. The van der Waals surface area contributed by atoms with Crippen LogP contribution in [0.5, 0.6) is 0 Å². The summed E-state index contributed by atoms with van der Waals surface area (Å²) < 4.78 is 5.67. The predicted molar refractivity (Wildman–Crippen MR) is 99.4 cm³/mol. The monoisotopic (exact) mass is 359 g/mol. The lowest BCUT2D eigenvalue weighted by atomic mass is 10.0. The summed E-state index contributed by atoms with van der Waals surface area (Å²) in [5.41, 5.74) is 1.05. The Morgan fingerprint density at radius 2 is 1.96 bits per heavy atom. The van der Waals surface area contributed by atoms with Crippen LogP contribution < -0.4 is 5.32 Å². The van der Waals surface area contributed by atoms with Crippen LogP contribution in [0.25, 0.3) is 0 Å². The van der Waals surface area contributed by atoms with Crippen LogP contribution in [0.4, 0.5) is 0 Å². The van der Waals surface area contributed by atoms with Crippen molar-refractivity contribution in [2.45, 2.75) is 39.0 Å². The normalized spacial score (nSPS) is 23.9. The van der Waals surface area contributed by atoms with E-state index in [0.29, 0.717) is 25.6 Å². The van der Waals surface area contributed by atoms with E-state index in [0.717, 1.165) is 25.1 Å². The Kier molecular flexibility index (Phi) is 6.27. The maximum absolute atomic E-state index is 12.7. The number of nitrogens with one attached hydrogen (secondary N) is 1. The standard InChI is InChI=1S/C20H29N3O3/c1-15(2)8-9-22-10-11-23-18(12-22)19(24)21-17(20(23)25)14-26-13-16-6-4-3-5-7-16/h3-7,15,17-18H,8-14H2,1-2H3,(H,21,24)/t17-,18+/m0/s1. The van der Waals surface area contributed by atoms with Gasteiger partial charge in [0.2, 0.25) is 11.8 Å². The van der Waals surface area contributed by atoms with Crippen LogP contribution in [0, 0.1) is 5.92 Å². The van der Waals surface area contributed by atoms with E-state index in [1.54, 1.807) is 4.90 Å². The summed E-state index contributed by atoms with van der Waals surface area (Å²) in [6.45, 7) is 8.10. The smallest absolute Gasteiger partial charge is 0.248 e. The van der Waals surface area contributed by atoms with Crippen LogP contribution in [0.15, 0.2) is 30.3 Å². The third-order valence-corrected chi connectivity index (χ3v) is 5.08. The Hall–Kier alpha value is -1.92. The molecule has 1 aromatic carbocycles. The molecule has 2 atom stereocenters. The number of amides is 2. The fourth-order valence-electron chi connectivity index (χ4n) is 3.48. The lowest BCUT2D eigenvalue weighted by molar-refractivity contribution is -0.154. The molecule has 6 nitrogen and oxygen atoms in total. The third kappa shape index (κ3) is 4.62. The molecular formula is C20H29N3O3. The van der Waals surface area contributed by atoms with Crippen LogP contribution in [0.2, 0.25) is 0 Å². The number of carbonyl (C=O) groups is 2. The molecule has 2 fully saturated rings. The second-order valence-electron chi connectivity index (χ2n) is 7.59. The van der Waals surface area contributed by atoms with Crippen LogP contribution in [-0.2, 0) is 20.9 Å². The van der Waals surface area contributed by atoms with E-state index >= 15 is 0 Å². The summed E-state index contributed by atoms with van der Waals surface area (Å²) in [6, 6.07) is 8.88. The summed E-state index contributed by atoms with van der Waals surface area (Å²) in [7, 11) is 0. The third-order valence-electron chi connectivity index (χ3n) is 5.08. The molecule has 2 saturated heterocycles. The minimum atomic E-state index is -0.579. The molecule has 6 heteroatoms. The molecule has 0 aliphatic carbocycles. The van der Waals surface area contributed by atoms with E-state index in [1.165, 1.54) is 0 Å². The molecule has 0 spiro atoms. The SMILES string of the molecule is CC(C)CCN1CCN2C(=O)[C@H](COCc3ccccc3)NC(=O)[C@H]2C1. The largest absolute Gasteiger partial charge is 0.374 e. The van der Waals surface area contributed by atoms with Gasteiger partial charge in [-0.25, -0.2) is 0 Å². The zero-order valence-electron chi connectivity index (χ0n) is 15.7. The minimum absolute atomic E-state index is 0.0221. The number of hydrogen-bond donors (Lipinski definition) is 1. The molecule has 142 valence electrons. The van der Waals surface area contributed by atoms with Gasteiger partial charge in [0, 0.05) is 19.6 Å². The molecule has 2 aliphatic rings. The first-order chi connectivity index (χ1) is 12.5. The Bertz CT molecular complexity index is 620. The molecule has 1 aromatic rings. The number of ether oxygens (including phenoxy) is 1. The highest BCUT2D eigenvalue weighted by molar-refractivity contribution is 5.97. The van der Waals surface area contributed by atoms with Crippen molar-refractivity contribution in [3.63, 3.8) is 0 Å². The van der Waals surface area contributed by atoms with Gasteiger partial charge in [-0.3, -0.25) is 14.5 Å². The fraction of sp³-hybridized carbons (Fsp3) is 0.600. The Balaban J connectivity index is 1.51. The molecule has 0 saturated carbocycles. The van der Waals surface area contributed by atoms with Crippen molar-refractivity contribution in [3.8, 4) is 0 Å². The quantitative estimate of drug-likeness (QED) is 0.796. The summed E-state index contributed by atoms with van der Waals surface area (Å²) in [4.78, 5) is 29.3. The zero-order valence-corrected chi connectivity index (χ0v) is 15.7. The number of benzene rings is 1. The van der Waals surface area contributed by atoms with Crippen molar-refractivity contribution in [2.24, 2.45) is 5.92 Å². The second-order valence-corrected chi connectivity index (χ2v) is 7.59. The topological polar surface area (TPSA) is 61.9 Å². The second kappa shape index (κ2) is 8.64. The van der Waals surface area contributed by atoms with E-state index < -0.39 is 6.04 Å². The number of hydrogen-bond acceptors (Lipinski definition) is 4. The van der Waals surface area contributed by atoms with Crippen molar-refractivity contribution in [2.75, 3.05) is 32.8 Å². The molecule has 0 aromatic heterocycles. The first-order valence-corrected chi connectivity index (χ1v) is 9.49. The Morgan fingerprint density at radius 1 is 1.19 bits per heavy atom. The van der Waals surface area contributed by atoms with E-state index in [9.17, 15) is 9.59 Å². The van der Waals surface area contributed by atoms with Gasteiger partial charge in [-0.15, -0.1) is 0 Å². The zero-order chi connectivity index (χ0) is 18.5. The average Bonchev–Trinajstić information content (AvgIpc) is 2.64. The molecule has 0 bridgehead atoms. The maximum Gasteiger partial charge on any atom is 0.248 e. The van der Waals surface area contributed by atoms with Crippen molar-refractivity contribution in [1.29, 1.82) is 0 Å². The van der Waals surface area contributed by atoms with Crippen molar-refractivity contribution >= 4 is 11.8 Å². The van der Waals surface area contributed by atoms with E-state index in [1.807, 2.05) is 30.3 Å².